The van der Waals surface area contributed by atoms with Gasteiger partial charge in [-0.3, -0.25) is 9.59 Å². The predicted octanol–water partition coefficient (Wildman–Crippen LogP) is 2.65. The molecule has 7 nitrogen and oxygen atoms in total. The predicted molar refractivity (Wildman–Crippen MR) is 96.3 cm³/mol. The van der Waals surface area contributed by atoms with Crippen molar-refractivity contribution in [1.82, 2.24) is 19.9 Å². The molecule has 1 unspecified atom stereocenters. The molecule has 3 heterocycles. The quantitative estimate of drug-likeness (QED) is 0.729. The summed E-state index contributed by atoms with van der Waals surface area (Å²) in [6, 6.07) is 0.660. The van der Waals surface area contributed by atoms with Gasteiger partial charge < -0.3 is 14.8 Å². The molecule has 3 rings (SSSR count). The number of H-pyrrole nitrogens is 1. The number of aromatic nitrogens is 3. The number of carbonyl (C=O) groups is 1. The second kappa shape index (κ2) is 8.19. The fourth-order valence-corrected chi connectivity index (χ4v) is 3.14. The van der Waals surface area contributed by atoms with Gasteiger partial charge in [-0.05, 0) is 18.6 Å². The average molecular weight is 449 g/mol. The Balaban J connectivity index is 1.66. The van der Waals surface area contributed by atoms with Gasteiger partial charge >= 0.3 is 12.4 Å². The number of halogens is 6. The zero-order chi connectivity index (χ0) is 23.0. The van der Waals surface area contributed by atoms with Crippen molar-refractivity contribution in [1.29, 1.82) is 0 Å². The van der Waals surface area contributed by atoms with Gasteiger partial charge in [0.2, 0.25) is 11.9 Å². The highest BCUT2D eigenvalue weighted by molar-refractivity contribution is 5.83. The first-order valence-electron chi connectivity index (χ1n) is 9.10. The molecule has 1 fully saturated rings. The maximum atomic E-state index is 12.9. The zero-order valence-electron chi connectivity index (χ0n) is 16.1. The van der Waals surface area contributed by atoms with Gasteiger partial charge in [-0.15, -0.1) is 0 Å². The van der Waals surface area contributed by atoms with Crippen molar-refractivity contribution in [2.45, 2.75) is 25.2 Å². The Labute approximate surface area is 171 Å². The lowest BCUT2D eigenvalue weighted by molar-refractivity contribution is -0.139. The Morgan fingerprint density at radius 1 is 1.03 bits per heavy atom. The first-order chi connectivity index (χ1) is 14.4. The van der Waals surface area contributed by atoms with Gasteiger partial charge in [0.25, 0.3) is 5.56 Å². The molecule has 168 valence electrons. The third kappa shape index (κ3) is 4.97. The second-order valence-electron chi connectivity index (χ2n) is 6.98. The standard InChI is InChI=1S/C18H17F6N5O2/c1-10(11-6-13(18(22,23)24)14(30)25-7-11)15(31)28-2-4-29(5-3-28)16-26-8-12(9-27-16)17(19,20)21/h6-10H,2-5H2,1H3,(H,25,30). The lowest BCUT2D eigenvalue weighted by atomic mass is 9.99. The van der Waals surface area contributed by atoms with Crippen LogP contribution in [0.4, 0.5) is 32.3 Å². The van der Waals surface area contributed by atoms with Crippen LogP contribution in [0.25, 0.3) is 0 Å². The van der Waals surface area contributed by atoms with E-state index in [-0.39, 0.29) is 37.7 Å². The third-order valence-electron chi connectivity index (χ3n) is 4.94. The highest BCUT2D eigenvalue weighted by atomic mass is 19.4. The fraction of sp³-hybridized carbons (Fsp3) is 0.444. The van der Waals surface area contributed by atoms with Crippen molar-refractivity contribution in [2.75, 3.05) is 31.1 Å². The van der Waals surface area contributed by atoms with Gasteiger partial charge in [0.05, 0.1) is 11.5 Å². The van der Waals surface area contributed by atoms with E-state index in [1.165, 1.54) is 11.8 Å². The van der Waals surface area contributed by atoms with E-state index >= 15 is 0 Å². The molecule has 0 bridgehead atoms. The maximum absolute atomic E-state index is 12.9. The van der Waals surface area contributed by atoms with E-state index in [9.17, 15) is 35.9 Å². The SMILES string of the molecule is CC(C(=O)N1CCN(c2ncc(C(F)(F)F)cn2)CC1)c1c[nH]c(=O)c(C(F)(F)F)c1. The first-order valence-corrected chi connectivity index (χ1v) is 9.10. The average Bonchev–Trinajstić information content (AvgIpc) is 2.72. The topological polar surface area (TPSA) is 82.2 Å². The van der Waals surface area contributed by atoms with Crippen molar-refractivity contribution in [3.8, 4) is 0 Å². The molecule has 31 heavy (non-hydrogen) atoms. The molecule has 2 aromatic rings. The number of amides is 1. The molecule has 1 saturated heterocycles. The number of hydrogen-bond acceptors (Lipinski definition) is 5. The molecule has 13 heteroatoms. The lowest BCUT2D eigenvalue weighted by Crippen LogP contribution is -2.50. The van der Waals surface area contributed by atoms with Crippen molar-refractivity contribution in [2.24, 2.45) is 0 Å². The summed E-state index contributed by atoms with van der Waals surface area (Å²) >= 11 is 0. The molecule has 2 aromatic heterocycles. The van der Waals surface area contributed by atoms with Crippen LogP contribution >= 0.6 is 0 Å². The molecule has 1 aliphatic rings. The third-order valence-corrected chi connectivity index (χ3v) is 4.94. The molecule has 1 aliphatic heterocycles. The molecule has 0 saturated carbocycles. The molecule has 0 aromatic carbocycles. The van der Waals surface area contributed by atoms with Crippen molar-refractivity contribution >= 4 is 11.9 Å². The number of nitrogens with one attached hydrogen (secondary N) is 1. The number of pyridine rings is 1. The molecule has 1 amide bonds. The molecule has 0 spiro atoms. The van der Waals surface area contributed by atoms with E-state index in [0.717, 1.165) is 6.20 Å². The van der Waals surface area contributed by atoms with Crippen LogP contribution in [0, 0.1) is 0 Å². The fourth-order valence-electron chi connectivity index (χ4n) is 3.14. The van der Waals surface area contributed by atoms with Crippen LogP contribution in [0.15, 0.2) is 29.5 Å². The lowest BCUT2D eigenvalue weighted by Gasteiger charge is -2.36. The highest BCUT2D eigenvalue weighted by Crippen LogP contribution is 2.30. The van der Waals surface area contributed by atoms with E-state index in [1.54, 1.807) is 4.90 Å². The molecule has 0 radical (unpaired) electrons. The summed E-state index contributed by atoms with van der Waals surface area (Å²) in [5.41, 5.74) is -3.63. The minimum atomic E-state index is -4.85. The monoisotopic (exact) mass is 449 g/mol. The summed E-state index contributed by atoms with van der Waals surface area (Å²) in [5, 5.41) is 0. The smallest absolute Gasteiger partial charge is 0.339 e. The number of piperazine rings is 1. The summed E-state index contributed by atoms with van der Waals surface area (Å²) < 4.78 is 76.7. The molecule has 0 aliphatic carbocycles. The van der Waals surface area contributed by atoms with Gasteiger partial charge in [0.15, 0.2) is 0 Å². The summed E-state index contributed by atoms with van der Waals surface area (Å²) in [5.74, 6) is -1.29. The maximum Gasteiger partial charge on any atom is 0.421 e. The number of rotatable bonds is 3. The Hall–Kier alpha value is -3.12. The van der Waals surface area contributed by atoms with E-state index in [0.29, 0.717) is 18.5 Å². The van der Waals surface area contributed by atoms with Crippen molar-refractivity contribution in [3.05, 3.63) is 51.7 Å². The minimum absolute atomic E-state index is 0.0189. The molecule has 1 atom stereocenters. The van der Waals surface area contributed by atoms with Crippen molar-refractivity contribution < 1.29 is 31.1 Å². The number of nitrogens with zero attached hydrogens (tertiary/aromatic N) is 4. The summed E-state index contributed by atoms with van der Waals surface area (Å²) in [4.78, 5) is 36.6. The minimum Gasteiger partial charge on any atom is -0.339 e. The van der Waals surface area contributed by atoms with Crippen LogP contribution in [0.2, 0.25) is 0 Å². The number of hydrogen-bond donors (Lipinski definition) is 1. The Morgan fingerprint density at radius 3 is 2.13 bits per heavy atom. The summed E-state index contributed by atoms with van der Waals surface area (Å²) in [6.07, 6.45) is -6.97. The van der Waals surface area contributed by atoms with Crippen LogP contribution in [-0.2, 0) is 17.1 Å². The summed E-state index contributed by atoms with van der Waals surface area (Å²) in [7, 11) is 0. The van der Waals surface area contributed by atoms with E-state index in [1.807, 2.05) is 4.98 Å². The number of anilines is 1. The van der Waals surface area contributed by atoms with Gasteiger partial charge in [0.1, 0.15) is 5.56 Å². The summed E-state index contributed by atoms with van der Waals surface area (Å²) in [6.45, 7) is 2.28. The van der Waals surface area contributed by atoms with E-state index in [2.05, 4.69) is 9.97 Å². The number of carbonyl (C=O) groups excluding carboxylic acids is 1. The van der Waals surface area contributed by atoms with Crippen LogP contribution in [0.3, 0.4) is 0 Å². The Bertz CT molecular complexity index is 994. The number of alkyl halides is 6. The van der Waals surface area contributed by atoms with Crippen molar-refractivity contribution in [3.63, 3.8) is 0 Å². The van der Waals surface area contributed by atoms with Crippen LogP contribution in [-0.4, -0.2) is 51.9 Å². The van der Waals surface area contributed by atoms with E-state index < -0.39 is 40.9 Å². The van der Waals surface area contributed by atoms with E-state index in [4.69, 9.17) is 0 Å². The normalized spacial score (nSPS) is 16.4. The van der Waals surface area contributed by atoms with Crippen LogP contribution < -0.4 is 10.5 Å². The van der Waals surface area contributed by atoms with Gasteiger partial charge in [-0.1, -0.05) is 0 Å². The first kappa shape index (κ1) is 22.6. The van der Waals surface area contributed by atoms with Gasteiger partial charge in [-0.25, -0.2) is 9.97 Å². The molecule has 1 N–H and O–H groups in total. The van der Waals surface area contributed by atoms with Crippen LogP contribution in [0.5, 0.6) is 0 Å². The van der Waals surface area contributed by atoms with Gasteiger partial charge in [0, 0.05) is 44.8 Å². The Morgan fingerprint density at radius 2 is 1.61 bits per heavy atom. The Kier molecular flexibility index (Phi) is 5.96. The highest BCUT2D eigenvalue weighted by Gasteiger charge is 2.36. The molecular formula is C18H17F6N5O2. The molecular weight excluding hydrogens is 432 g/mol. The second-order valence-corrected chi connectivity index (χ2v) is 6.98. The van der Waals surface area contributed by atoms with Gasteiger partial charge in [-0.2, -0.15) is 26.3 Å². The van der Waals surface area contributed by atoms with Crippen LogP contribution in [0.1, 0.15) is 29.5 Å². The number of aromatic amines is 1. The zero-order valence-corrected chi connectivity index (χ0v) is 16.1. The largest absolute Gasteiger partial charge is 0.421 e.